The minimum atomic E-state index is -4.10. The smallest absolute Gasteiger partial charge is 0.310 e. The molecule has 116 valence electrons. The van der Waals surface area contributed by atoms with E-state index in [0.29, 0.717) is 6.42 Å². The molecule has 0 spiro atoms. The van der Waals surface area contributed by atoms with E-state index in [0.717, 1.165) is 24.0 Å². The number of nitrogens with one attached hydrogen (secondary N) is 1. The summed E-state index contributed by atoms with van der Waals surface area (Å²) < 4.78 is 38.6. The monoisotopic (exact) mass is 300 g/mol. The maximum absolute atomic E-state index is 12.3. The van der Waals surface area contributed by atoms with Gasteiger partial charge in [-0.2, -0.15) is 18.3 Å². The molecule has 0 aliphatic rings. The van der Waals surface area contributed by atoms with Crippen molar-refractivity contribution in [3.8, 4) is 0 Å². The zero-order chi connectivity index (χ0) is 15.3. The van der Waals surface area contributed by atoms with Crippen LogP contribution in [0.4, 0.5) is 13.2 Å². The van der Waals surface area contributed by atoms with Gasteiger partial charge in [0.15, 0.2) is 0 Å². The van der Waals surface area contributed by atoms with Crippen LogP contribution < -0.4 is 5.32 Å². The second-order valence-corrected chi connectivity index (χ2v) is 5.02. The maximum Gasteiger partial charge on any atom is 0.389 e. The van der Waals surface area contributed by atoms with Crippen molar-refractivity contribution in [3.63, 3.8) is 0 Å². The Bertz CT molecular complexity index is 565. The average molecular weight is 300 g/mol. The lowest BCUT2D eigenvalue weighted by molar-refractivity contribution is -0.135. The van der Waals surface area contributed by atoms with Gasteiger partial charge in [-0.3, -0.25) is 4.98 Å². The predicted octanol–water partition coefficient (Wildman–Crippen LogP) is 3.50. The molecule has 0 aromatic carbocycles. The Kier molecular flexibility index (Phi) is 5.17. The molecule has 2 rings (SSSR count). The summed E-state index contributed by atoms with van der Waals surface area (Å²) >= 11 is 0. The van der Waals surface area contributed by atoms with Crippen LogP contribution in [-0.2, 0) is 0 Å². The first-order valence-corrected chi connectivity index (χ1v) is 7.08. The van der Waals surface area contributed by atoms with E-state index < -0.39 is 12.6 Å². The largest absolute Gasteiger partial charge is 0.389 e. The van der Waals surface area contributed by atoms with Gasteiger partial charge in [-0.05, 0) is 25.8 Å². The van der Waals surface area contributed by atoms with Crippen LogP contribution in [0.1, 0.15) is 44.2 Å². The number of nitrogens with zero attached hydrogens (tertiary/aromatic N) is 3. The Morgan fingerprint density at radius 1 is 1.33 bits per heavy atom. The molecule has 21 heavy (non-hydrogen) atoms. The summed E-state index contributed by atoms with van der Waals surface area (Å²) in [6, 6.07) is -0.131. The van der Waals surface area contributed by atoms with Gasteiger partial charge in [-0.1, -0.05) is 6.92 Å². The Morgan fingerprint density at radius 2 is 2.14 bits per heavy atom. The van der Waals surface area contributed by atoms with Crippen LogP contribution in [0.5, 0.6) is 0 Å². The van der Waals surface area contributed by atoms with Crippen molar-refractivity contribution in [2.45, 2.75) is 44.8 Å². The van der Waals surface area contributed by atoms with Crippen molar-refractivity contribution in [2.24, 2.45) is 0 Å². The van der Waals surface area contributed by atoms with Crippen molar-refractivity contribution < 1.29 is 13.2 Å². The maximum atomic E-state index is 12.3. The molecule has 7 heteroatoms. The fourth-order valence-electron chi connectivity index (χ4n) is 2.31. The van der Waals surface area contributed by atoms with Gasteiger partial charge in [0.25, 0.3) is 0 Å². The summed E-state index contributed by atoms with van der Waals surface area (Å²) in [4.78, 5) is 4.06. The number of halogens is 3. The van der Waals surface area contributed by atoms with Crippen molar-refractivity contribution in [1.29, 1.82) is 0 Å². The van der Waals surface area contributed by atoms with Crippen LogP contribution in [0.3, 0.4) is 0 Å². The number of aromatic nitrogens is 3. The van der Waals surface area contributed by atoms with Crippen LogP contribution in [0.2, 0.25) is 0 Å². The molecule has 1 atom stereocenters. The Balaban J connectivity index is 2.11. The molecule has 1 N–H and O–H groups in total. The van der Waals surface area contributed by atoms with E-state index in [1.54, 1.807) is 29.3 Å². The lowest BCUT2D eigenvalue weighted by Gasteiger charge is -2.18. The Morgan fingerprint density at radius 3 is 2.86 bits per heavy atom. The third-order valence-corrected chi connectivity index (χ3v) is 3.32. The Hall–Kier alpha value is -1.63. The molecule has 2 aromatic rings. The van der Waals surface area contributed by atoms with Gasteiger partial charge < -0.3 is 5.32 Å². The topological polar surface area (TPSA) is 42.2 Å². The predicted molar refractivity (Wildman–Crippen MR) is 73.9 cm³/mol. The van der Waals surface area contributed by atoms with E-state index in [1.807, 2.05) is 6.92 Å². The molecular formula is C14H19F3N4. The number of alkyl halides is 3. The molecule has 0 saturated heterocycles. The number of hydrogen-bond donors (Lipinski definition) is 1. The minimum Gasteiger partial charge on any atom is -0.310 e. The zero-order valence-corrected chi connectivity index (χ0v) is 11.9. The van der Waals surface area contributed by atoms with Crippen molar-refractivity contribution >= 4 is 5.52 Å². The molecule has 0 bridgehead atoms. The molecule has 0 saturated carbocycles. The minimum absolute atomic E-state index is 0.0997. The van der Waals surface area contributed by atoms with E-state index in [-0.39, 0.29) is 12.5 Å². The highest BCUT2D eigenvalue weighted by atomic mass is 19.4. The van der Waals surface area contributed by atoms with Crippen LogP contribution in [0.25, 0.3) is 5.52 Å². The highest BCUT2D eigenvalue weighted by Gasteiger charge is 2.27. The molecule has 0 aliphatic heterocycles. The molecule has 1 unspecified atom stereocenters. The molecule has 0 amide bonds. The normalized spacial score (nSPS) is 13.7. The molecular weight excluding hydrogens is 281 g/mol. The molecule has 4 nitrogen and oxygen atoms in total. The number of fused-ring (bicyclic) bond motifs is 1. The summed E-state index contributed by atoms with van der Waals surface area (Å²) in [7, 11) is 0. The highest BCUT2D eigenvalue weighted by molar-refractivity contribution is 5.53. The fraction of sp³-hybridized carbons (Fsp3) is 0.571. The van der Waals surface area contributed by atoms with Crippen LogP contribution >= 0.6 is 0 Å². The van der Waals surface area contributed by atoms with E-state index in [2.05, 4.69) is 15.4 Å². The summed E-state index contributed by atoms with van der Waals surface area (Å²) in [5, 5.41) is 7.52. The Labute approximate surface area is 121 Å². The second-order valence-electron chi connectivity index (χ2n) is 5.02. The number of hydrogen-bond acceptors (Lipinski definition) is 3. The highest BCUT2D eigenvalue weighted by Crippen LogP contribution is 2.27. The first-order chi connectivity index (χ1) is 10.0. The molecule has 2 heterocycles. The van der Waals surface area contributed by atoms with E-state index in [4.69, 9.17) is 0 Å². The van der Waals surface area contributed by atoms with Gasteiger partial charge in [0.05, 0.1) is 17.9 Å². The molecule has 2 aromatic heterocycles. The second kappa shape index (κ2) is 6.89. The van der Waals surface area contributed by atoms with Crippen molar-refractivity contribution in [2.75, 3.05) is 6.54 Å². The first kappa shape index (κ1) is 15.8. The lowest BCUT2D eigenvalue weighted by Crippen LogP contribution is -2.22. The SMILES string of the molecule is CCCNC(CCCC(F)(F)F)c1cnn2ccncc12. The van der Waals surface area contributed by atoms with E-state index >= 15 is 0 Å². The van der Waals surface area contributed by atoms with Crippen molar-refractivity contribution in [3.05, 3.63) is 30.4 Å². The lowest BCUT2D eigenvalue weighted by atomic mass is 10.0. The molecule has 0 aliphatic carbocycles. The van der Waals surface area contributed by atoms with Crippen LogP contribution in [-0.4, -0.2) is 27.3 Å². The first-order valence-electron chi connectivity index (χ1n) is 7.08. The standard InChI is InChI=1S/C14H19F3N4/c1-2-6-19-12(4-3-5-14(15,16)17)11-9-20-21-8-7-18-10-13(11)21/h7-10,12,19H,2-6H2,1H3. The summed E-state index contributed by atoms with van der Waals surface area (Å²) in [6.45, 7) is 2.78. The average Bonchev–Trinajstić information content (AvgIpc) is 2.85. The summed E-state index contributed by atoms with van der Waals surface area (Å²) in [6.07, 6.45) is 3.34. The van der Waals surface area contributed by atoms with Crippen LogP contribution in [0, 0.1) is 0 Å². The molecule has 0 fully saturated rings. The van der Waals surface area contributed by atoms with Gasteiger partial charge in [0.2, 0.25) is 0 Å². The van der Waals surface area contributed by atoms with Gasteiger partial charge in [-0.25, -0.2) is 4.52 Å². The van der Waals surface area contributed by atoms with Gasteiger partial charge in [0, 0.05) is 30.4 Å². The van der Waals surface area contributed by atoms with Crippen molar-refractivity contribution in [1.82, 2.24) is 19.9 Å². The third kappa shape index (κ3) is 4.42. The van der Waals surface area contributed by atoms with E-state index in [1.165, 1.54) is 0 Å². The van der Waals surface area contributed by atoms with Gasteiger partial charge in [0.1, 0.15) is 0 Å². The molecule has 0 radical (unpaired) electrons. The third-order valence-electron chi connectivity index (χ3n) is 3.32. The van der Waals surface area contributed by atoms with E-state index in [9.17, 15) is 13.2 Å². The number of rotatable bonds is 7. The van der Waals surface area contributed by atoms with Gasteiger partial charge in [-0.15, -0.1) is 0 Å². The summed E-state index contributed by atoms with van der Waals surface area (Å²) in [5.41, 5.74) is 1.73. The fourth-order valence-corrected chi connectivity index (χ4v) is 2.31. The quantitative estimate of drug-likeness (QED) is 0.851. The zero-order valence-electron chi connectivity index (χ0n) is 11.9. The van der Waals surface area contributed by atoms with Gasteiger partial charge >= 0.3 is 6.18 Å². The summed E-state index contributed by atoms with van der Waals surface area (Å²) in [5.74, 6) is 0. The van der Waals surface area contributed by atoms with Crippen LogP contribution in [0.15, 0.2) is 24.8 Å².